The molecule has 0 spiro atoms. The minimum Gasteiger partial charge on any atom is -0.362 e. The lowest BCUT2D eigenvalue weighted by atomic mass is 10.0. The van der Waals surface area contributed by atoms with Crippen molar-refractivity contribution in [3.8, 4) is 11.8 Å². The van der Waals surface area contributed by atoms with Crippen molar-refractivity contribution >= 4 is 28.9 Å². The van der Waals surface area contributed by atoms with Gasteiger partial charge in [-0.1, -0.05) is 24.0 Å². The number of nitrogens with zero attached hydrogens (tertiary/aromatic N) is 1. The normalized spacial score (nSPS) is 13.6. The number of hydrogen-bond acceptors (Lipinski definition) is 3. The van der Waals surface area contributed by atoms with E-state index in [4.69, 9.17) is 0 Å². The minimum absolute atomic E-state index is 0.0321. The van der Waals surface area contributed by atoms with Gasteiger partial charge in [0.1, 0.15) is 5.56 Å². The third kappa shape index (κ3) is 3.22. The summed E-state index contributed by atoms with van der Waals surface area (Å²) in [6.07, 6.45) is 3.56. The van der Waals surface area contributed by atoms with Gasteiger partial charge >= 0.3 is 0 Å². The zero-order valence-electron chi connectivity index (χ0n) is 14.0. The Labute approximate surface area is 154 Å². The van der Waals surface area contributed by atoms with Gasteiger partial charge in [-0.15, -0.1) is 0 Å². The van der Waals surface area contributed by atoms with Crippen molar-refractivity contribution in [1.29, 1.82) is 0 Å². The third-order valence-corrected chi connectivity index (χ3v) is 4.17. The second-order valence-corrected chi connectivity index (χ2v) is 5.92. The Morgan fingerprint density at radius 2 is 1.89 bits per heavy atom. The van der Waals surface area contributed by atoms with E-state index in [1.54, 1.807) is 42.6 Å². The first-order chi connectivity index (χ1) is 13.1. The average molecular weight is 355 g/mol. The van der Waals surface area contributed by atoms with Crippen LogP contribution in [0.3, 0.4) is 0 Å². The number of para-hydroxylation sites is 1. The number of rotatable bonds is 2. The van der Waals surface area contributed by atoms with Crippen LogP contribution in [0, 0.1) is 22.0 Å². The van der Waals surface area contributed by atoms with E-state index in [9.17, 15) is 14.9 Å². The summed E-state index contributed by atoms with van der Waals surface area (Å²) in [6.45, 7) is 0. The van der Waals surface area contributed by atoms with Gasteiger partial charge in [-0.05, 0) is 42.5 Å². The number of nitro benzene ring substituents is 1. The lowest BCUT2D eigenvalue weighted by Gasteiger charge is -1.99. The zero-order chi connectivity index (χ0) is 18.8. The van der Waals surface area contributed by atoms with E-state index in [2.05, 4.69) is 22.1 Å². The summed E-state index contributed by atoms with van der Waals surface area (Å²) in [7, 11) is 0. The number of carbonyl (C=O) groups is 1. The van der Waals surface area contributed by atoms with E-state index < -0.39 is 4.92 Å². The van der Waals surface area contributed by atoms with Crippen LogP contribution in [0.25, 0.3) is 11.6 Å². The molecule has 0 saturated heterocycles. The van der Waals surface area contributed by atoms with E-state index in [0.717, 1.165) is 11.3 Å². The summed E-state index contributed by atoms with van der Waals surface area (Å²) in [6, 6.07) is 15.4. The lowest BCUT2D eigenvalue weighted by molar-refractivity contribution is -0.385. The number of nitro groups is 1. The highest BCUT2D eigenvalue weighted by molar-refractivity contribution is 6.34. The molecular formula is C21H13N3O3. The Bertz CT molecular complexity index is 1150. The quantitative estimate of drug-likeness (QED) is 0.317. The number of fused-ring (bicyclic) bond motifs is 1. The number of carbonyl (C=O) groups excluding carboxylic acids is 1. The number of anilines is 1. The minimum atomic E-state index is -0.452. The highest BCUT2D eigenvalue weighted by atomic mass is 16.6. The first-order valence-corrected chi connectivity index (χ1v) is 8.18. The van der Waals surface area contributed by atoms with Crippen molar-refractivity contribution in [3.63, 3.8) is 0 Å². The Hall–Kier alpha value is -4.11. The van der Waals surface area contributed by atoms with Crippen LogP contribution in [0.4, 0.5) is 11.4 Å². The summed E-state index contributed by atoms with van der Waals surface area (Å²) >= 11 is 0. The fourth-order valence-corrected chi connectivity index (χ4v) is 2.88. The molecule has 0 aliphatic carbocycles. The monoisotopic (exact) mass is 355 g/mol. The van der Waals surface area contributed by atoms with Gasteiger partial charge < -0.3 is 10.3 Å². The molecule has 1 aliphatic rings. The maximum atomic E-state index is 12.3. The SMILES string of the molecule is O=C1Nc2ccc(C#Cc3ccccc3[N+](=O)[O-])cc2/C1=C/c1ccc[nH]1. The predicted octanol–water partition coefficient (Wildman–Crippen LogP) is 3.82. The summed E-state index contributed by atoms with van der Waals surface area (Å²) in [5.41, 5.74) is 3.82. The molecule has 2 aromatic carbocycles. The molecule has 4 rings (SSSR count). The Balaban J connectivity index is 1.72. The number of amides is 1. The van der Waals surface area contributed by atoms with Crippen LogP contribution in [-0.4, -0.2) is 15.8 Å². The molecule has 6 heteroatoms. The number of hydrogen-bond donors (Lipinski definition) is 2. The number of benzene rings is 2. The molecule has 6 nitrogen and oxygen atoms in total. The number of H-pyrrole nitrogens is 1. The molecule has 1 aliphatic heterocycles. The maximum absolute atomic E-state index is 12.3. The lowest BCUT2D eigenvalue weighted by Crippen LogP contribution is -2.03. The van der Waals surface area contributed by atoms with E-state index >= 15 is 0 Å². The molecule has 2 heterocycles. The molecule has 2 N–H and O–H groups in total. The van der Waals surface area contributed by atoms with Gasteiger partial charge in [0.05, 0.1) is 10.5 Å². The maximum Gasteiger partial charge on any atom is 0.284 e. The van der Waals surface area contributed by atoms with E-state index in [0.29, 0.717) is 22.4 Å². The topological polar surface area (TPSA) is 88.0 Å². The molecule has 0 fully saturated rings. The molecule has 1 aromatic heterocycles. The first-order valence-electron chi connectivity index (χ1n) is 8.18. The highest BCUT2D eigenvalue weighted by Crippen LogP contribution is 2.33. The molecule has 0 saturated carbocycles. The smallest absolute Gasteiger partial charge is 0.284 e. The predicted molar refractivity (Wildman–Crippen MR) is 103 cm³/mol. The van der Waals surface area contributed by atoms with Crippen molar-refractivity contribution in [2.75, 3.05) is 5.32 Å². The Kier molecular flexibility index (Phi) is 4.03. The summed E-state index contributed by atoms with van der Waals surface area (Å²) in [5, 5.41) is 13.9. The van der Waals surface area contributed by atoms with Crippen LogP contribution in [0.2, 0.25) is 0 Å². The second-order valence-electron chi connectivity index (χ2n) is 5.92. The summed E-state index contributed by atoms with van der Waals surface area (Å²) < 4.78 is 0. The number of nitrogens with one attached hydrogen (secondary N) is 2. The van der Waals surface area contributed by atoms with Crippen LogP contribution in [0.1, 0.15) is 22.4 Å². The van der Waals surface area contributed by atoms with Gasteiger partial charge in [0, 0.05) is 34.8 Å². The third-order valence-electron chi connectivity index (χ3n) is 4.17. The molecular weight excluding hydrogens is 342 g/mol. The van der Waals surface area contributed by atoms with Crippen LogP contribution < -0.4 is 5.32 Å². The number of aromatic amines is 1. The van der Waals surface area contributed by atoms with Crippen molar-refractivity contribution in [2.45, 2.75) is 0 Å². The van der Waals surface area contributed by atoms with Gasteiger partial charge in [0.15, 0.2) is 0 Å². The van der Waals surface area contributed by atoms with Crippen molar-refractivity contribution in [3.05, 3.63) is 93.3 Å². The Morgan fingerprint density at radius 1 is 1.04 bits per heavy atom. The van der Waals surface area contributed by atoms with E-state index in [1.165, 1.54) is 6.07 Å². The molecule has 0 radical (unpaired) electrons. The summed E-state index contributed by atoms with van der Waals surface area (Å²) in [5.74, 6) is 5.63. The van der Waals surface area contributed by atoms with Crippen LogP contribution in [-0.2, 0) is 4.79 Å². The second kappa shape index (κ2) is 6.65. The van der Waals surface area contributed by atoms with E-state index in [1.807, 2.05) is 18.2 Å². The molecule has 3 aromatic rings. The van der Waals surface area contributed by atoms with Crippen molar-refractivity contribution in [2.24, 2.45) is 0 Å². The van der Waals surface area contributed by atoms with Crippen molar-refractivity contribution in [1.82, 2.24) is 4.98 Å². The molecule has 1 amide bonds. The highest BCUT2D eigenvalue weighted by Gasteiger charge is 2.24. The van der Waals surface area contributed by atoms with Crippen LogP contribution in [0.15, 0.2) is 60.8 Å². The fourth-order valence-electron chi connectivity index (χ4n) is 2.88. The molecule has 0 unspecified atom stereocenters. The van der Waals surface area contributed by atoms with Crippen molar-refractivity contribution < 1.29 is 9.72 Å². The summed E-state index contributed by atoms with van der Waals surface area (Å²) in [4.78, 5) is 26.0. The molecule has 0 bridgehead atoms. The Morgan fingerprint density at radius 3 is 2.67 bits per heavy atom. The zero-order valence-corrected chi connectivity index (χ0v) is 14.0. The van der Waals surface area contributed by atoms with Gasteiger partial charge in [-0.3, -0.25) is 14.9 Å². The first kappa shape index (κ1) is 16.4. The van der Waals surface area contributed by atoms with Gasteiger partial charge in [-0.25, -0.2) is 0 Å². The molecule has 27 heavy (non-hydrogen) atoms. The van der Waals surface area contributed by atoms with Crippen LogP contribution >= 0.6 is 0 Å². The molecule has 130 valence electrons. The average Bonchev–Trinajstić information content (AvgIpc) is 3.29. The van der Waals surface area contributed by atoms with Gasteiger partial charge in [-0.2, -0.15) is 0 Å². The largest absolute Gasteiger partial charge is 0.362 e. The number of aromatic nitrogens is 1. The fraction of sp³-hybridized carbons (Fsp3) is 0. The standard InChI is InChI=1S/C21H13N3O3/c25-21-18(13-16-5-3-11-22-16)17-12-14(8-10-19(17)23-21)7-9-15-4-1-2-6-20(15)24(26)27/h1-6,8,10-13,22H,(H,23,25)/b18-13-. The van der Waals surface area contributed by atoms with Gasteiger partial charge in [0.25, 0.3) is 11.6 Å². The molecule has 0 atom stereocenters. The van der Waals surface area contributed by atoms with Gasteiger partial charge in [0.2, 0.25) is 0 Å². The van der Waals surface area contributed by atoms with Crippen LogP contribution in [0.5, 0.6) is 0 Å². The van der Waals surface area contributed by atoms with E-state index in [-0.39, 0.29) is 11.6 Å².